The highest BCUT2D eigenvalue weighted by Crippen LogP contribution is 2.32. The Morgan fingerprint density at radius 1 is 1.61 bits per heavy atom. The Balaban J connectivity index is 2.15. The largest absolute Gasteiger partial charge is 0.395 e. The molecule has 0 bridgehead atoms. The number of hydrogen-bond acceptors (Lipinski definition) is 2. The topological polar surface area (TPSA) is 45.5 Å². The first-order valence-corrected chi connectivity index (χ1v) is 6.45. The summed E-state index contributed by atoms with van der Waals surface area (Å²) >= 11 is 0. The Labute approximate surface area is 108 Å². The molecular formula is C14H20N2O2. The fraction of sp³-hybridized carbons (Fsp3) is 0.500. The van der Waals surface area contributed by atoms with Gasteiger partial charge in [0.25, 0.3) is 5.91 Å². The standard InChI is InChI=1S/C14H20N2O2/c1-2-8-15(10-11-17)14(18)13-7-4-9-16(13)12-5-3-6-12/h2,4,7,9,12,17H,1,3,5-6,8,10-11H2. The number of carbonyl (C=O) groups excluding carboxylic acids is 1. The molecule has 0 unspecified atom stereocenters. The second kappa shape index (κ2) is 5.87. The fourth-order valence-corrected chi connectivity index (χ4v) is 2.27. The van der Waals surface area contributed by atoms with Crippen molar-refractivity contribution in [1.82, 2.24) is 9.47 Å². The zero-order valence-corrected chi connectivity index (χ0v) is 10.6. The van der Waals surface area contributed by atoms with Crippen molar-refractivity contribution in [1.29, 1.82) is 0 Å². The van der Waals surface area contributed by atoms with Gasteiger partial charge in [0, 0.05) is 25.3 Å². The predicted molar refractivity (Wildman–Crippen MR) is 70.5 cm³/mol. The van der Waals surface area contributed by atoms with E-state index < -0.39 is 0 Å². The minimum absolute atomic E-state index is 0.0241. The quantitative estimate of drug-likeness (QED) is 0.781. The van der Waals surface area contributed by atoms with Crippen molar-refractivity contribution in [2.45, 2.75) is 25.3 Å². The van der Waals surface area contributed by atoms with Gasteiger partial charge in [-0.15, -0.1) is 6.58 Å². The molecule has 1 amide bonds. The number of carbonyl (C=O) groups is 1. The van der Waals surface area contributed by atoms with E-state index in [2.05, 4.69) is 11.1 Å². The molecule has 1 aliphatic carbocycles. The Morgan fingerprint density at radius 3 is 2.94 bits per heavy atom. The van der Waals surface area contributed by atoms with Crippen LogP contribution in [0.25, 0.3) is 0 Å². The molecule has 18 heavy (non-hydrogen) atoms. The van der Waals surface area contributed by atoms with E-state index in [1.165, 1.54) is 6.42 Å². The zero-order chi connectivity index (χ0) is 13.0. The van der Waals surface area contributed by atoms with Crippen LogP contribution in [-0.4, -0.2) is 40.2 Å². The van der Waals surface area contributed by atoms with Crippen LogP contribution in [0.15, 0.2) is 31.0 Å². The van der Waals surface area contributed by atoms with Gasteiger partial charge in [0.1, 0.15) is 5.69 Å². The van der Waals surface area contributed by atoms with Gasteiger partial charge in [0.05, 0.1) is 6.61 Å². The third-order valence-electron chi connectivity index (χ3n) is 3.47. The average Bonchev–Trinajstić information content (AvgIpc) is 2.74. The summed E-state index contributed by atoms with van der Waals surface area (Å²) in [5.41, 5.74) is 0.718. The first-order chi connectivity index (χ1) is 8.77. The third-order valence-corrected chi connectivity index (χ3v) is 3.47. The highest BCUT2D eigenvalue weighted by atomic mass is 16.3. The number of nitrogens with zero attached hydrogens (tertiary/aromatic N) is 2. The van der Waals surface area contributed by atoms with E-state index in [-0.39, 0.29) is 12.5 Å². The van der Waals surface area contributed by atoms with Crippen molar-refractivity contribution in [2.75, 3.05) is 19.7 Å². The molecule has 1 aromatic heterocycles. The summed E-state index contributed by atoms with van der Waals surface area (Å²) in [6.07, 6.45) is 7.20. The van der Waals surface area contributed by atoms with Gasteiger partial charge in [-0.05, 0) is 31.4 Å². The van der Waals surface area contributed by atoms with Gasteiger partial charge in [0.15, 0.2) is 0 Å². The molecule has 0 aromatic carbocycles. The Hall–Kier alpha value is -1.55. The normalized spacial score (nSPS) is 15.2. The minimum atomic E-state index is -0.0270. The SMILES string of the molecule is C=CCN(CCO)C(=O)c1cccn1C1CCC1. The summed E-state index contributed by atoms with van der Waals surface area (Å²) in [5, 5.41) is 9.01. The van der Waals surface area contributed by atoms with Crippen LogP contribution in [0.1, 0.15) is 35.8 Å². The molecule has 1 fully saturated rings. The lowest BCUT2D eigenvalue weighted by Crippen LogP contribution is -2.35. The number of hydrogen-bond donors (Lipinski definition) is 1. The van der Waals surface area contributed by atoms with E-state index in [0.29, 0.717) is 19.1 Å². The van der Waals surface area contributed by atoms with Crippen LogP contribution in [-0.2, 0) is 0 Å². The molecule has 1 saturated carbocycles. The minimum Gasteiger partial charge on any atom is -0.395 e. The van der Waals surface area contributed by atoms with Crippen molar-refractivity contribution in [3.8, 4) is 0 Å². The van der Waals surface area contributed by atoms with Crippen LogP contribution in [0.2, 0.25) is 0 Å². The molecule has 98 valence electrons. The third kappa shape index (κ3) is 2.48. The van der Waals surface area contributed by atoms with Gasteiger partial charge in [-0.3, -0.25) is 4.79 Å². The fourth-order valence-electron chi connectivity index (χ4n) is 2.27. The van der Waals surface area contributed by atoms with Gasteiger partial charge < -0.3 is 14.6 Å². The van der Waals surface area contributed by atoms with E-state index in [4.69, 9.17) is 5.11 Å². The summed E-state index contributed by atoms with van der Waals surface area (Å²) in [6.45, 7) is 4.44. The Morgan fingerprint density at radius 2 is 2.39 bits per heavy atom. The number of aliphatic hydroxyl groups is 1. The highest BCUT2D eigenvalue weighted by Gasteiger charge is 2.25. The van der Waals surface area contributed by atoms with E-state index >= 15 is 0 Å². The Bertz CT molecular complexity index is 421. The van der Waals surface area contributed by atoms with Crippen LogP contribution in [0.5, 0.6) is 0 Å². The number of amides is 1. The van der Waals surface area contributed by atoms with Gasteiger partial charge >= 0.3 is 0 Å². The van der Waals surface area contributed by atoms with Crippen molar-refractivity contribution >= 4 is 5.91 Å². The highest BCUT2D eigenvalue weighted by molar-refractivity contribution is 5.93. The second-order valence-corrected chi connectivity index (χ2v) is 4.65. The molecule has 0 radical (unpaired) electrons. The molecule has 0 aliphatic heterocycles. The average molecular weight is 248 g/mol. The summed E-state index contributed by atoms with van der Waals surface area (Å²) in [4.78, 5) is 14.0. The summed E-state index contributed by atoms with van der Waals surface area (Å²) in [5.74, 6) is -0.0270. The molecule has 4 nitrogen and oxygen atoms in total. The summed E-state index contributed by atoms with van der Waals surface area (Å²) < 4.78 is 2.07. The lowest BCUT2D eigenvalue weighted by atomic mass is 9.93. The number of aliphatic hydroxyl groups excluding tert-OH is 1. The molecule has 0 spiro atoms. The molecule has 1 aromatic rings. The van der Waals surface area contributed by atoms with Crippen LogP contribution in [0, 0.1) is 0 Å². The molecular weight excluding hydrogens is 228 g/mol. The molecule has 0 atom stereocenters. The van der Waals surface area contributed by atoms with Gasteiger partial charge in [0.2, 0.25) is 0 Å². The first-order valence-electron chi connectivity index (χ1n) is 6.45. The maximum Gasteiger partial charge on any atom is 0.270 e. The van der Waals surface area contributed by atoms with Gasteiger partial charge in [-0.25, -0.2) is 0 Å². The van der Waals surface area contributed by atoms with Crippen LogP contribution in [0.3, 0.4) is 0 Å². The summed E-state index contributed by atoms with van der Waals surface area (Å²) in [6, 6.07) is 4.24. The van der Waals surface area contributed by atoms with E-state index in [1.807, 2.05) is 18.3 Å². The molecule has 1 aliphatic rings. The van der Waals surface area contributed by atoms with Crippen LogP contribution < -0.4 is 0 Å². The second-order valence-electron chi connectivity index (χ2n) is 4.65. The maximum atomic E-state index is 12.4. The predicted octanol–water partition coefficient (Wildman–Crippen LogP) is 1.83. The maximum absolute atomic E-state index is 12.4. The molecule has 4 heteroatoms. The van der Waals surface area contributed by atoms with Gasteiger partial charge in [-0.1, -0.05) is 6.08 Å². The first kappa shape index (κ1) is 12.9. The van der Waals surface area contributed by atoms with Crippen molar-refractivity contribution in [3.05, 3.63) is 36.7 Å². The van der Waals surface area contributed by atoms with Crippen LogP contribution >= 0.6 is 0 Å². The Kier molecular flexibility index (Phi) is 4.20. The van der Waals surface area contributed by atoms with Gasteiger partial charge in [-0.2, -0.15) is 0 Å². The van der Waals surface area contributed by atoms with E-state index in [1.54, 1.807) is 11.0 Å². The van der Waals surface area contributed by atoms with Crippen molar-refractivity contribution < 1.29 is 9.90 Å². The smallest absolute Gasteiger partial charge is 0.270 e. The van der Waals surface area contributed by atoms with E-state index in [9.17, 15) is 4.79 Å². The zero-order valence-electron chi connectivity index (χ0n) is 10.6. The monoisotopic (exact) mass is 248 g/mol. The molecule has 1 N–H and O–H groups in total. The lowest BCUT2D eigenvalue weighted by Gasteiger charge is -2.30. The van der Waals surface area contributed by atoms with Crippen molar-refractivity contribution in [2.24, 2.45) is 0 Å². The summed E-state index contributed by atoms with van der Waals surface area (Å²) in [7, 11) is 0. The molecule has 1 heterocycles. The van der Waals surface area contributed by atoms with E-state index in [0.717, 1.165) is 18.5 Å². The lowest BCUT2D eigenvalue weighted by molar-refractivity contribution is 0.0726. The molecule has 2 rings (SSSR count). The number of aromatic nitrogens is 1. The van der Waals surface area contributed by atoms with Crippen LogP contribution in [0.4, 0.5) is 0 Å². The van der Waals surface area contributed by atoms with Crippen molar-refractivity contribution in [3.63, 3.8) is 0 Å². The molecule has 0 saturated heterocycles. The number of rotatable bonds is 6.